The average molecular weight is 278 g/mol. The summed E-state index contributed by atoms with van der Waals surface area (Å²) < 4.78 is 23.6. The van der Waals surface area contributed by atoms with Crippen molar-refractivity contribution in [3.63, 3.8) is 0 Å². The summed E-state index contributed by atoms with van der Waals surface area (Å²) in [7, 11) is 0. The minimum absolute atomic E-state index is 0.0341. The third-order valence-electron chi connectivity index (χ3n) is 2.78. The maximum absolute atomic E-state index is 13.6. The summed E-state index contributed by atoms with van der Waals surface area (Å²) >= 11 is 0. The van der Waals surface area contributed by atoms with Crippen LogP contribution in [0, 0.1) is 0 Å². The Labute approximate surface area is 112 Å². The minimum Gasteiger partial charge on any atom is -0.460 e. The van der Waals surface area contributed by atoms with Crippen molar-refractivity contribution in [2.75, 3.05) is 19.8 Å². The second-order valence-electron chi connectivity index (χ2n) is 4.49. The summed E-state index contributed by atoms with van der Waals surface area (Å²) in [5, 5.41) is 6.17. The molecule has 0 radical (unpaired) electrons. The van der Waals surface area contributed by atoms with E-state index in [0.29, 0.717) is 11.3 Å². The molecule has 3 heterocycles. The highest BCUT2D eigenvalue weighted by atomic mass is 19.1. The summed E-state index contributed by atoms with van der Waals surface area (Å²) in [4.78, 5) is 18.8. The number of rotatable bonds is 4. The first-order chi connectivity index (χ1) is 9.65. The number of alkyl halides is 1. The van der Waals surface area contributed by atoms with Crippen LogP contribution >= 0.6 is 0 Å². The molecule has 20 heavy (non-hydrogen) atoms. The molecule has 2 aromatic rings. The predicted octanol–water partition coefficient (Wildman–Crippen LogP) is 0.344. The monoisotopic (exact) mass is 278 g/mol. The van der Waals surface area contributed by atoms with Crippen molar-refractivity contribution in [2.24, 2.45) is 0 Å². The molecule has 1 N–H and O–H groups in total. The lowest BCUT2D eigenvalue weighted by atomic mass is 10.1. The lowest BCUT2D eigenvalue weighted by molar-refractivity contribution is -0.147. The molecule has 0 spiro atoms. The molecule has 104 valence electrons. The predicted molar refractivity (Wildman–Crippen MR) is 66.0 cm³/mol. The highest BCUT2D eigenvalue weighted by molar-refractivity contribution is 5.55. The number of nitrogens with one attached hydrogen (secondary N) is 1. The highest BCUT2D eigenvalue weighted by Crippen LogP contribution is 2.22. The third-order valence-corrected chi connectivity index (χ3v) is 2.78. The van der Waals surface area contributed by atoms with Gasteiger partial charge < -0.3 is 9.47 Å². The van der Waals surface area contributed by atoms with Gasteiger partial charge in [0, 0.05) is 24.0 Å². The molecule has 0 atom stereocenters. The van der Waals surface area contributed by atoms with E-state index in [1.807, 2.05) is 0 Å². The van der Waals surface area contributed by atoms with Gasteiger partial charge in [-0.05, 0) is 6.07 Å². The number of hydrogen-bond donors (Lipinski definition) is 1. The van der Waals surface area contributed by atoms with Crippen LogP contribution in [0.15, 0.2) is 29.3 Å². The van der Waals surface area contributed by atoms with Gasteiger partial charge in [-0.2, -0.15) is 5.10 Å². The van der Waals surface area contributed by atoms with Crippen LogP contribution in [0.4, 0.5) is 4.39 Å². The molecule has 1 aliphatic heterocycles. The van der Waals surface area contributed by atoms with E-state index < -0.39 is 5.67 Å². The van der Waals surface area contributed by atoms with Gasteiger partial charge >= 0.3 is 6.01 Å². The number of hydrogen-bond acceptors (Lipinski definition) is 6. The normalized spacial score (nSPS) is 16.4. The van der Waals surface area contributed by atoms with Crippen LogP contribution in [0.2, 0.25) is 0 Å². The van der Waals surface area contributed by atoms with E-state index in [1.165, 1.54) is 18.5 Å². The zero-order valence-electron chi connectivity index (χ0n) is 10.4. The van der Waals surface area contributed by atoms with E-state index >= 15 is 0 Å². The Morgan fingerprint density at radius 3 is 2.65 bits per heavy atom. The minimum atomic E-state index is -1.44. The van der Waals surface area contributed by atoms with Crippen LogP contribution in [0.5, 0.6) is 6.01 Å². The molecule has 1 aliphatic rings. The Hall–Kier alpha value is -2.35. The quantitative estimate of drug-likeness (QED) is 0.867. The van der Waals surface area contributed by atoms with E-state index in [-0.39, 0.29) is 31.4 Å². The smallest absolute Gasteiger partial charge is 0.316 e. The second-order valence-corrected chi connectivity index (χ2v) is 4.49. The summed E-state index contributed by atoms with van der Waals surface area (Å²) in [6.07, 6.45) is 2.98. The Balaban J connectivity index is 1.68. The standard InChI is InChI=1S/C12H11FN4O3/c13-12(5-19-6-12)7-20-11-14-3-8(4-15-11)9-1-2-10(18)17-16-9/h1-4H,5-7H2,(H,17,18). The Morgan fingerprint density at radius 1 is 1.35 bits per heavy atom. The molecule has 0 unspecified atom stereocenters. The largest absolute Gasteiger partial charge is 0.460 e. The van der Waals surface area contributed by atoms with Crippen LogP contribution in [0.3, 0.4) is 0 Å². The maximum Gasteiger partial charge on any atom is 0.316 e. The van der Waals surface area contributed by atoms with Gasteiger partial charge in [0.15, 0.2) is 5.67 Å². The SMILES string of the molecule is O=c1ccc(-c2cnc(OCC3(F)COC3)nc2)n[nH]1. The molecule has 1 saturated heterocycles. The van der Waals surface area contributed by atoms with Crippen molar-refractivity contribution < 1.29 is 13.9 Å². The summed E-state index contributed by atoms with van der Waals surface area (Å²) in [5.41, 5.74) is -0.575. The Bertz CT molecular complexity index is 634. The molecule has 8 heteroatoms. The zero-order chi connectivity index (χ0) is 14.0. The molecule has 0 aliphatic carbocycles. The first-order valence-corrected chi connectivity index (χ1v) is 5.92. The number of H-pyrrole nitrogens is 1. The van der Waals surface area contributed by atoms with Crippen LogP contribution in [0.25, 0.3) is 11.3 Å². The van der Waals surface area contributed by atoms with Crippen molar-refractivity contribution in [1.29, 1.82) is 0 Å². The first-order valence-electron chi connectivity index (χ1n) is 5.92. The van der Waals surface area contributed by atoms with E-state index in [0.717, 1.165) is 0 Å². The molecular formula is C12H11FN4O3. The Morgan fingerprint density at radius 2 is 2.10 bits per heavy atom. The fraction of sp³-hybridized carbons (Fsp3) is 0.333. The van der Waals surface area contributed by atoms with Gasteiger partial charge in [-0.1, -0.05) is 0 Å². The topological polar surface area (TPSA) is 90.0 Å². The van der Waals surface area contributed by atoms with Crippen molar-refractivity contribution in [3.8, 4) is 17.3 Å². The molecule has 2 aromatic heterocycles. The summed E-state index contributed by atoms with van der Waals surface area (Å²) in [5.74, 6) is 0. The van der Waals surface area contributed by atoms with Gasteiger partial charge in [-0.15, -0.1) is 0 Å². The molecule has 0 amide bonds. The van der Waals surface area contributed by atoms with Crippen molar-refractivity contribution in [1.82, 2.24) is 20.2 Å². The van der Waals surface area contributed by atoms with Crippen molar-refractivity contribution in [3.05, 3.63) is 34.9 Å². The second kappa shape index (κ2) is 4.97. The molecule has 0 saturated carbocycles. The van der Waals surface area contributed by atoms with Crippen LogP contribution < -0.4 is 10.3 Å². The molecule has 0 aromatic carbocycles. The van der Waals surface area contributed by atoms with Crippen molar-refractivity contribution >= 4 is 0 Å². The number of halogens is 1. The van der Waals surface area contributed by atoms with Gasteiger partial charge in [-0.25, -0.2) is 19.5 Å². The molecule has 1 fully saturated rings. The lowest BCUT2D eigenvalue weighted by Crippen LogP contribution is -2.50. The maximum atomic E-state index is 13.6. The number of ether oxygens (including phenoxy) is 2. The van der Waals surface area contributed by atoms with Crippen LogP contribution in [-0.2, 0) is 4.74 Å². The number of aromatic amines is 1. The lowest BCUT2D eigenvalue weighted by Gasteiger charge is -2.32. The average Bonchev–Trinajstić information content (AvgIpc) is 2.45. The summed E-state index contributed by atoms with van der Waals surface area (Å²) in [6.45, 7) is -0.0674. The van der Waals surface area contributed by atoms with Crippen LogP contribution in [0.1, 0.15) is 0 Å². The van der Waals surface area contributed by atoms with E-state index in [1.54, 1.807) is 6.07 Å². The van der Waals surface area contributed by atoms with Crippen molar-refractivity contribution in [2.45, 2.75) is 5.67 Å². The fourth-order valence-electron chi connectivity index (χ4n) is 1.63. The first kappa shape index (κ1) is 12.7. The zero-order valence-corrected chi connectivity index (χ0v) is 10.4. The van der Waals surface area contributed by atoms with Gasteiger partial charge in [0.25, 0.3) is 5.56 Å². The molecule has 3 rings (SSSR count). The molecule has 0 bridgehead atoms. The van der Waals surface area contributed by atoms with E-state index in [9.17, 15) is 9.18 Å². The van der Waals surface area contributed by atoms with E-state index in [4.69, 9.17) is 9.47 Å². The number of nitrogens with zero attached hydrogens (tertiary/aromatic N) is 3. The van der Waals surface area contributed by atoms with Gasteiger partial charge in [0.2, 0.25) is 0 Å². The van der Waals surface area contributed by atoms with Gasteiger partial charge in [-0.3, -0.25) is 4.79 Å². The fourth-order valence-corrected chi connectivity index (χ4v) is 1.63. The van der Waals surface area contributed by atoms with Gasteiger partial charge in [0.05, 0.1) is 18.9 Å². The molecular weight excluding hydrogens is 267 g/mol. The summed E-state index contributed by atoms with van der Waals surface area (Å²) in [6, 6.07) is 3.00. The van der Waals surface area contributed by atoms with Crippen LogP contribution in [-0.4, -0.2) is 45.7 Å². The highest BCUT2D eigenvalue weighted by Gasteiger charge is 2.40. The number of aromatic nitrogens is 4. The van der Waals surface area contributed by atoms with E-state index in [2.05, 4.69) is 20.2 Å². The molecule has 7 nitrogen and oxygen atoms in total. The van der Waals surface area contributed by atoms with Gasteiger partial charge in [0.1, 0.15) is 6.61 Å². The Kier molecular flexibility index (Phi) is 3.15. The third kappa shape index (κ3) is 2.64.